The van der Waals surface area contributed by atoms with E-state index in [1.54, 1.807) is 0 Å². The largest absolute Gasteiger partial charge is 0.379 e. The summed E-state index contributed by atoms with van der Waals surface area (Å²) in [5.41, 5.74) is 0.756. The van der Waals surface area contributed by atoms with Crippen molar-refractivity contribution in [2.75, 3.05) is 31.2 Å². The Morgan fingerprint density at radius 3 is 2.46 bits per heavy atom. The average Bonchev–Trinajstić information content (AvgIpc) is 2.89. The number of benzene rings is 1. The molecule has 0 radical (unpaired) electrons. The van der Waals surface area contributed by atoms with Gasteiger partial charge in [-0.3, -0.25) is 14.8 Å². The third-order valence-corrected chi connectivity index (χ3v) is 7.33. The summed E-state index contributed by atoms with van der Waals surface area (Å²) in [6.07, 6.45) is 6.20. The van der Waals surface area contributed by atoms with Crippen molar-refractivity contribution in [3.05, 3.63) is 29.3 Å². The van der Waals surface area contributed by atoms with Crippen LogP contribution < -0.4 is 4.90 Å². The van der Waals surface area contributed by atoms with Crippen molar-refractivity contribution < 1.29 is 4.74 Å². The van der Waals surface area contributed by atoms with E-state index in [2.05, 4.69) is 29.7 Å². The van der Waals surface area contributed by atoms with Gasteiger partial charge in [0.1, 0.15) is 5.84 Å². The van der Waals surface area contributed by atoms with E-state index >= 15 is 0 Å². The zero-order chi connectivity index (χ0) is 19.7. The predicted molar refractivity (Wildman–Crippen MR) is 121 cm³/mol. The van der Waals surface area contributed by atoms with E-state index in [0.717, 1.165) is 47.8 Å². The molecule has 0 aromatic heterocycles. The molecular formula is C22H30ClN3OS. The van der Waals surface area contributed by atoms with Gasteiger partial charge >= 0.3 is 0 Å². The first-order valence-electron chi connectivity index (χ1n) is 10.5. The highest BCUT2D eigenvalue weighted by molar-refractivity contribution is 7.80. The Bertz CT molecular complexity index is 754. The molecule has 4 nitrogen and oxygen atoms in total. The van der Waals surface area contributed by atoms with Crippen molar-refractivity contribution in [3.8, 4) is 0 Å². The summed E-state index contributed by atoms with van der Waals surface area (Å²) in [5.74, 6) is 1.08. The summed E-state index contributed by atoms with van der Waals surface area (Å²) < 4.78 is 5.62. The Labute approximate surface area is 178 Å². The summed E-state index contributed by atoms with van der Waals surface area (Å²) in [4.78, 5) is 10.9. The van der Waals surface area contributed by atoms with Crippen LogP contribution in [0.4, 0.5) is 5.69 Å². The number of thiocarbonyl (C=S) groups is 1. The number of halogens is 1. The smallest absolute Gasteiger partial charge is 0.127 e. The summed E-state index contributed by atoms with van der Waals surface area (Å²) in [5, 5.41) is 0.722. The lowest BCUT2D eigenvalue weighted by atomic mass is 9.85. The highest BCUT2D eigenvalue weighted by Crippen LogP contribution is 2.43. The molecule has 28 heavy (non-hydrogen) atoms. The quantitative estimate of drug-likeness (QED) is 0.648. The number of amidine groups is 1. The van der Waals surface area contributed by atoms with Crippen molar-refractivity contribution in [3.63, 3.8) is 0 Å². The van der Waals surface area contributed by atoms with Crippen molar-refractivity contribution in [1.29, 1.82) is 0 Å². The van der Waals surface area contributed by atoms with Gasteiger partial charge in [0.2, 0.25) is 0 Å². The molecule has 1 aromatic carbocycles. The monoisotopic (exact) mass is 419 g/mol. The molecule has 1 saturated carbocycles. The zero-order valence-electron chi connectivity index (χ0n) is 16.9. The van der Waals surface area contributed by atoms with Crippen LogP contribution in [-0.2, 0) is 4.74 Å². The van der Waals surface area contributed by atoms with Crippen LogP contribution in [-0.4, -0.2) is 54.1 Å². The fourth-order valence-electron chi connectivity index (χ4n) is 4.80. The van der Waals surface area contributed by atoms with E-state index in [4.69, 9.17) is 33.5 Å². The lowest BCUT2D eigenvalue weighted by Gasteiger charge is -2.38. The van der Waals surface area contributed by atoms with Crippen molar-refractivity contribution in [2.24, 2.45) is 10.4 Å². The van der Waals surface area contributed by atoms with Crippen molar-refractivity contribution in [2.45, 2.75) is 58.0 Å². The second-order valence-electron chi connectivity index (χ2n) is 8.64. The minimum Gasteiger partial charge on any atom is -0.379 e. The standard InChI is InChI=1S/C22H30ClN3OS/c1-22(2)19(25-12-14-27-15-13-25)20(24-16-8-4-3-5-9-16)26(21(22)28)18-11-7-6-10-17(18)23/h6-7,10-11,16,19H,3-5,8-9,12-15H2,1-2H3. The van der Waals surface area contributed by atoms with Gasteiger partial charge in [-0.25, -0.2) is 0 Å². The Morgan fingerprint density at radius 1 is 1.11 bits per heavy atom. The second kappa shape index (κ2) is 8.39. The molecule has 152 valence electrons. The van der Waals surface area contributed by atoms with E-state index in [1.165, 1.54) is 32.1 Å². The molecule has 1 aromatic rings. The van der Waals surface area contributed by atoms with Crippen molar-refractivity contribution in [1.82, 2.24) is 4.90 Å². The van der Waals surface area contributed by atoms with Crippen LogP contribution in [0.25, 0.3) is 0 Å². The maximum atomic E-state index is 6.61. The van der Waals surface area contributed by atoms with E-state index in [1.807, 2.05) is 18.2 Å². The lowest BCUT2D eigenvalue weighted by molar-refractivity contribution is 0.0172. The molecule has 6 heteroatoms. The highest BCUT2D eigenvalue weighted by Gasteiger charge is 2.52. The maximum absolute atomic E-state index is 6.61. The SMILES string of the molecule is CC1(C)C(=S)N(c2ccccc2Cl)C(=NC2CCCCC2)C1N1CCOCC1. The summed E-state index contributed by atoms with van der Waals surface area (Å²) in [7, 11) is 0. The normalized spacial score (nSPS) is 28.2. The number of para-hydroxylation sites is 1. The first kappa shape index (κ1) is 20.3. The summed E-state index contributed by atoms with van der Waals surface area (Å²) in [6.45, 7) is 7.86. The average molecular weight is 420 g/mol. The number of hydrogen-bond acceptors (Lipinski definition) is 4. The van der Waals surface area contributed by atoms with E-state index in [0.29, 0.717) is 6.04 Å². The molecule has 1 aliphatic carbocycles. The molecule has 2 saturated heterocycles. The minimum absolute atomic E-state index is 0.155. The van der Waals surface area contributed by atoms with Gasteiger partial charge in [-0.2, -0.15) is 0 Å². The molecule has 2 heterocycles. The van der Waals surface area contributed by atoms with E-state index < -0.39 is 0 Å². The second-order valence-corrected chi connectivity index (χ2v) is 9.44. The van der Waals surface area contributed by atoms with Gasteiger partial charge in [0.25, 0.3) is 0 Å². The molecule has 1 atom stereocenters. The van der Waals surface area contributed by atoms with Gasteiger partial charge in [0.15, 0.2) is 0 Å². The third-order valence-electron chi connectivity index (χ3n) is 6.31. The molecule has 3 fully saturated rings. The molecule has 0 N–H and O–H groups in total. The molecule has 0 amide bonds. The molecule has 0 bridgehead atoms. The minimum atomic E-state index is -0.195. The molecule has 1 unspecified atom stereocenters. The van der Waals surface area contributed by atoms with Crippen LogP contribution in [0.3, 0.4) is 0 Å². The number of morpholine rings is 1. The lowest BCUT2D eigenvalue weighted by Crippen LogP contribution is -2.52. The van der Waals surface area contributed by atoms with Crippen LogP contribution in [0.1, 0.15) is 46.0 Å². The van der Waals surface area contributed by atoms with Gasteiger partial charge < -0.3 is 4.74 Å². The third kappa shape index (κ3) is 3.74. The molecular weight excluding hydrogens is 390 g/mol. The van der Waals surface area contributed by atoms with E-state index in [-0.39, 0.29) is 11.5 Å². The van der Waals surface area contributed by atoms with Gasteiger partial charge in [0, 0.05) is 18.5 Å². The number of anilines is 1. The Kier molecular flexibility index (Phi) is 6.07. The topological polar surface area (TPSA) is 28.1 Å². The summed E-state index contributed by atoms with van der Waals surface area (Å²) in [6, 6.07) is 8.52. The Morgan fingerprint density at radius 2 is 1.79 bits per heavy atom. The van der Waals surface area contributed by atoms with Crippen LogP contribution in [0, 0.1) is 5.41 Å². The van der Waals surface area contributed by atoms with Crippen LogP contribution in [0.15, 0.2) is 29.3 Å². The van der Waals surface area contributed by atoms with E-state index in [9.17, 15) is 0 Å². The molecule has 4 rings (SSSR count). The highest BCUT2D eigenvalue weighted by atomic mass is 35.5. The first-order chi connectivity index (χ1) is 13.5. The Hall–Kier alpha value is -1.01. The van der Waals surface area contributed by atoms with Gasteiger partial charge in [-0.05, 0) is 25.0 Å². The first-order valence-corrected chi connectivity index (χ1v) is 11.3. The number of aliphatic imine (C=N–C) groups is 1. The number of ether oxygens (including phenoxy) is 1. The van der Waals surface area contributed by atoms with Gasteiger partial charge in [0.05, 0.1) is 41.0 Å². The predicted octanol–water partition coefficient (Wildman–Crippen LogP) is 4.95. The fraction of sp³-hybridized carbons (Fsp3) is 0.636. The number of rotatable bonds is 3. The van der Waals surface area contributed by atoms with Crippen LogP contribution >= 0.6 is 23.8 Å². The summed E-state index contributed by atoms with van der Waals surface area (Å²) >= 11 is 12.7. The van der Waals surface area contributed by atoms with Gasteiger partial charge in [-0.15, -0.1) is 0 Å². The Balaban J connectivity index is 1.80. The molecule has 3 aliphatic rings. The zero-order valence-corrected chi connectivity index (χ0v) is 18.4. The van der Waals surface area contributed by atoms with Crippen molar-refractivity contribution >= 4 is 40.3 Å². The fourth-order valence-corrected chi connectivity index (χ4v) is 5.32. The van der Waals surface area contributed by atoms with Crippen LogP contribution in [0.5, 0.6) is 0 Å². The molecule has 0 spiro atoms. The van der Waals surface area contributed by atoms with Crippen LogP contribution in [0.2, 0.25) is 5.02 Å². The maximum Gasteiger partial charge on any atom is 0.127 e. The molecule has 2 aliphatic heterocycles. The number of hydrogen-bond donors (Lipinski definition) is 0. The number of nitrogens with zero attached hydrogens (tertiary/aromatic N) is 3. The van der Waals surface area contributed by atoms with Gasteiger partial charge in [-0.1, -0.05) is 69.1 Å².